The molecule has 1 unspecified atom stereocenters. The molecule has 1 amide bonds. The average molecular weight is 325 g/mol. The van der Waals surface area contributed by atoms with Gasteiger partial charge in [0.25, 0.3) is 5.91 Å². The number of sulfone groups is 1. The molecular formula is C16H23NO4S. The van der Waals surface area contributed by atoms with E-state index in [1.807, 2.05) is 0 Å². The molecule has 2 rings (SSSR count). The molecule has 0 bridgehead atoms. The second-order valence-electron chi connectivity index (χ2n) is 5.96. The second kappa shape index (κ2) is 7.74. The Morgan fingerprint density at radius 2 is 1.86 bits per heavy atom. The Morgan fingerprint density at radius 1 is 1.23 bits per heavy atom. The van der Waals surface area contributed by atoms with Gasteiger partial charge in [-0.1, -0.05) is 31.0 Å². The Morgan fingerprint density at radius 3 is 2.50 bits per heavy atom. The van der Waals surface area contributed by atoms with Crippen molar-refractivity contribution in [3.05, 3.63) is 35.9 Å². The summed E-state index contributed by atoms with van der Waals surface area (Å²) in [5, 5.41) is 12.4. The molecule has 0 saturated heterocycles. The fourth-order valence-electron chi connectivity index (χ4n) is 2.86. The zero-order chi connectivity index (χ0) is 16.0. The molecule has 0 aromatic heterocycles. The van der Waals surface area contributed by atoms with Gasteiger partial charge in [-0.25, -0.2) is 8.42 Å². The summed E-state index contributed by atoms with van der Waals surface area (Å²) in [5.41, 5.74) is 0.489. The molecule has 1 atom stereocenters. The third-order valence-corrected chi connectivity index (χ3v) is 5.82. The first-order valence-electron chi connectivity index (χ1n) is 7.68. The van der Waals surface area contributed by atoms with Gasteiger partial charge in [0.15, 0.2) is 9.84 Å². The number of rotatable bonds is 7. The van der Waals surface area contributed by atoms with E-state index in [1.165, 1.54) is 0 Å². The quantitative estimate of drug-likeness (QED) is 0.793. The van der Waals surface area contributed by atoms with Crippen LogP contribution in [0.4, 0.5) is 0 Å². The maximum atomic E-state index is 12.0. The predicted octanol–water partition coefficient (Wildman–Crippen LogP) is 1.38. The third kappa shape index (κ3) is 5.42. The minimum absolute atomic E-state index is 0.0579. The van der Waals surface area contributed by atoms with Crippen LogP contribution in [0.1, 0.15) is 36.0 Å². The number of nitrogens with one attached hydrogen (secondary N) is 1. The molecule has 6 heteroatoms. The molecule has 0 aliphatic heterocycles. The predicted molar refractivity (Wildman–Crippen MR) is 85.4 cm³/mol. The smallest absolute Gasteiger partial charge is 0.251 e. The first kappa shape index (κ1) is 17.0. The Hall–Kier alpha value is -1.40. The van der Waals surface area contributed by atoms with Crippen LogP contribution in [0, 0.1) is 5.92 Å². The number of aliphatic hydroxyl groups is 1. The number of amides is 1. The lowest BCUT2D eigenvalue weighted by Crippen LogP contribution is -2.37. The minimum Gasteiger partial charge on any atom is -0.390 e. The Balaban J connectivity index is 1.77. The summed E-state index contributed by atoms with van der Waals surface area (Å²) >= 11 is 0. The van der Waals surface area contributed by atoms with Crippen molar-refractivity contribution >= 4 is 15.7 Å². The maximum absolute atomic E-state index is 12.0. The van der Waals surface area contributed by atoms with Crippen LogP contribution in [-0.2, 0) is 9.84 Å². The lowest BCUT2D eigenvalue weighted by molar-refractivity contribution is 0.0925. The number of benzene rings is 1. The number of hydrogen-bond acceptors (Lipinski definition) is 4. The van der Waals surface area contributed by atoms with Gasteiger partial charge in [0.2, 0.25) is 0 Å². The summed E-state index contributed by atoms with van der Waals surface area (Å²) in [5.74, 6) is -0.223. The van der Waals surface area contributed by atoms with Crippen molar-refractivity contribution in [2.45, 2.75) is 31.8 Å². The van der Waals surface area contributed by atoms with Crippen LogP contribution in [0.5, 0.6) is 0 Å². The van der Waals surface area contributed by atoms with Gasteiger partial charge in [-0.2, -0.15) is 0 Å². The van der Waals surface area contributed by atoms with E-state index in [9.17, 15) is 18.3 Å². The van der Waals surface area contributed by atoms with Crippen molar-refractivity contribution < 1.29 is 18.3 Å². The molecule has 0 radical (unpaired) electrons. The molecule has 1 aliphatic carbocycles. The van der Waals surface area contributed by atoms with E-state index >= 15 is 0 Å². The Bertz CT molecular complexity index is 579. The third-order valence-electron chi connectivity index (χ3n) is 3.94. The Kier molecular flexibility index (Phi) is 5.97. The molecule has 0 heterocycles. The molecule has 22 heavy (non-hydrogen) atoms. The summed E-state index contributed by atoms with van der Waals surface area (Å²) in [4.78, 5) is 11.8. The summed E-state index contributed by atoms with van der Waals surface area (Å²) < 4.78 is 24.1. The van der Waals surface area contributed by atoms with Crippen LogP contribution in [0.2, 0.25) is 0 Å². The summed E-state index contributed by atoms with van der Waals surface area (Å²) in [6.07, 6.45) is 3.03. The van der Waals surface area contributed by atoms with E-state index in [1.54, 1.807) is 30.3 Å². The molecule has 0 spiro atoms. The summed E-state index contributed by atoms with van der Waals surface area (Å²) in [7, 11) is -3.28. The van der Waals surface area contributed by atoms with Crippen LogP contribution < -0.4 is 5.32 Å². The largest absolute Gasteiger partial charge is 0.390 e. The normalized spacial score (nSPS) is 17.3. The van der Waals surface area contributed by atoms with Crippen molar-refractivity contribution in [3.8, 4) is 0 Å². The molecular weight excluding hydrogens is 302 g/mol. The molecule has 1 fully saturated rings. The average Bonchev–Trinajstić information content (AvgIpc) is 2.97. The van der Waals surface area contributed by atoms with Gasteiger partial charge in [-0.05, 0) is 30.9 Å². The highest BCUT2D eigenvalue weighted by molar-refractivity contribution is 7.91. The minimum atomic E-state index is -3.28. The molecule has 122 valence electrons. The topological polar surface area (TPSA) is 83.5 Å². The van der Waals surface area contributed by atoms with Crippen molar-refractivity contribution in [1.29, 1.82) is 0 Å². The number of carbonyl (C=O) groups is 1. The Labute approximate surface area is 131 Å². The van der Waals surface area contributed by atoms with Gasteiger partial charge in [0.05, 0.1) is 17.6 Å². The van der Waals surface area contributed by atoms with E-state index in [2.05, 4.69) is 5.32 Å². The van der Waals surface area contributed by atoms with E-state index in [-0.39, 0.29) is 29.9 Å². The monoisotopic (exact) mass is 325 g/mol. The standard InChI is InChI=1S/C16H23NO4S/c18-15(10-17-16(19)14-8-2-1-3-9-14)12-22(20,21)11-13-6-4-5-7-13/h1-3,8-9,13,15,18H,4-7,10-12H2,(H,17,19). The molecule has 1 saturated carbocycles. The number of aliphatic hydroxyl groups excluding tert-OH is 1. The van der Waals surface area contributed by atoms with E-state index in [0.717, 1.165) is 25.7 Å². The maximum Gasteiger partial charge on any atom is 0.251 e. The van der Waals surface area contributed by atoms with Crippen LogP contribution >= 0.6 is 0 Å². The van der Waals surface area contributed by atoms with E-state index in [0.29, 0.717) is 5.56 Å². The lowest BCUT2D eigenvalue weighted by Gasteiger charge is -2.14. The fraction of sp³-hybridized carbons (Fsp3) is 0.562. The summed E-state index contributed by atoms with van der Waals surface area (Å²) in [6.45, 7) is -0.0579. The fourth-order valence-corrected chi connectivity index (χ4v) is 4.75. The van der Waals surface area contributed by atoms with Crippen LogP contribution in [0.15, 0.2) is 30.3 Å². The first-order chi connectivity index (χ1) is 10.5. The lowest BCUT2D eigenvalue weighted by atomic mass is 10.1. The summed E-state index contributed by atoms with van der Waals surface area (Å²) in [6, 6.07) is 8.63. The molecule has 2 N–H and O–H groups in total. The van der Waals surface area contributed by atoms with Crippen LogP contribution in [-0.4, -0.2) is 43.6 Å². The van der Waals surface area contributed by atoms with E-state index < -0.39 is 15.9 Å². The zero-order valence-electron chi connectivity index (χ0n) is 12.6. The molecule has 1 aromatic rings. The zero-order valence-corrected chi connectivity index (χ0v) is 13.4. The van der Waals surface area contributed by atoms with Gasteiger partial charge in [0, 0.05) is 12.1 Å². The van der Waals surface area contributed by atoms with Crippen molar-refractivity contribution in [3.63, 3.8) is 0 Å². The number of carbonyl (C=O) groups excluding carboxylic acids is 1. The second-order valence-corrected chi connectivity index (χ2v) is 8.11. The molecule has 1 aliphatic rings. The van der Waals surface area contributed by atoms with E-state index in [4.69, 9.17) is 0 Å². The van der Waals surface area contributed by atoms with Gasteiger partial charge in [-0.3, -0.25) is 4.79 Å². The molecule has 5 nitrogen and oxygen atoms in total. The van der Waals surface area contributed by atoms with Gasteiger partial charge in [0.1, 0.15) is 0 Å². The van der Waals surface area contributed by atoms with Gasteiger partial charge >= 0.3 is 0 Å². The highest BCUT2D eigenvalue weighted by atomic mass is 32.2. The van der Waals surface area contributed by atoms with Crippen LogP contribution in [0.3, 0.4) is 0 Å². The first-order valence-corrected chi connectivity index (χ1v) is 9.50. The molecule has 1 aromatic carbocycles. The van der Waals surface area contributed by atoms with Gasteiger partial charge in [-0.15, -0.1) is 0 Å². The number of hydrogen-bond donors (Lipinski definition) is 2. The highest BCUT2D eigenvalue weighted by Crippen LogP contribution is 2.26. The van der Waals surface area contributed by atoms with Crippen molar-refractivity contribution in [2.75, 3.05) is 18.1 Å². The van der Waals surface area contributed by atoms with Crippen molar-refractivity contribution in [2.24, 2.45) is 5.92 Å². The van der Waals surface area contributed by atoms with Gasteiger partial charge < -0.3 is 10.4 Å². The SMILES string of the molecule is O=C(NCC(O)CS(=O)(=O)CC1CCCC1)c1ccccc1. The highest BCUT2D eigenvalue weighted by Gasteiger charge is 2.25. The van der Waals surface area contributed by atoms with Crippen molar-refractivity contribution in [1.82, 2.24) is 5.32 Å². The van der Waals surface area contributed by atoms with Crippen LogP contribution in [0.25, 0.3) is 0 Å².